The van der Waals surface area contributed by atoms with Crippen molar-refractivity contribution in [3.63, 3.8) is 0 Å². The second-order valence-corrected chi connectivity index (χ2v) is 6.48. The lowest BCUT2D eigenvalue weighted by atomic mass is 10.1. The van der Waals surface area contributed by atoms with E-state index in [1.54, 1.807) is 30.4 Å². The Kier molecular flexibility index (Phi) is 3.94. The number of hydrogen-bond acceptors (Lipinski definition) is 4. The summed E-state index contributed by atoms with van der Waals surface area (Å²) in [7, 11) is 0. The van der Waals surface area contributed by atoms with Crippen molar-refractivity contribution < 1.29 is 9.72 Å². The molecule has 1 amide bonds. The summed E-state index contributed by atoms with van der Waals surface area (Å²) in [6.07, 6.45) is 2.01. The van der Waals surface area contributed by atoms with E-state index < -0.39 is 4.92 Å². The SMILES string of the molecule is Cc1c(C(=O)N(Cc2cccs2)C2CC2)cccc1[N+](=O)[O-]. The second kappa shape index (κ2) is 5.88. The molecule has 2 aromatic rings. The number of carbonyl (C=O) groups is 1. The first-order chi connectivity index (χ1) is 10.6. The van der Waals surface area contributed by atoms with Crippen LogP contribution in [0.2, 0.25) is 0 Å². The van der Waals surface area contributed by atoms with Crippen molar-refractivity contribution >= 4 is 22.9 Å². The topological polar surface area (TPSA) is 63.5 Å². The molecule has 5 nitrogen and oxygen atoms in total. The molecule has 0 aliphatic heterocycles. The maximum absolute atomic E-state index is 12.9. The molecule has 0 radical (unpaired) electrons. The van der Waals surface area contributed by atoms with Crippen LogP contribution in [0.15, 0.2) is 35.7 Å². The quantitative estimate of drug-likeness (QED) is 0.623. The van der Waals surface area contributed by atoms with Gasteiger partial charge in [0.1, 0.15) is 0 Å². The molecule has 0 bridgehead atoms. The highest BCUT2D eigenvalue weighted by Gasteiger charge is 2.34. The first-order valence-electron chi connectivity index (χ1n) is 7.15. The van der Waals surface area contributed by atoms with E-state index in [-0.39, 0.29) is 17.6 Å². The number of amides is 1. The van der Waals surface area contributed by atoms with Gasteiger partial charge >= 0.3 is 0 Å². The van der Waals surface area contributed by atoms with Crippen LogP contribution in [-0.4, -0.2) is 21.8 Å². The van der Waals surface area contributed by atoms with Gasteiger partial charge in [-0.2, -0.15) is 0 Å². The zero-order valence-electron chi connectivity index (χ0n) is 12.2. The minimum absolute atomic E-state index is 0.00211. The van der Waals surface area contributed by atoms with E-state index in [4.69, 9.17) is 0 Å². The van der Waals surface area contributed by atoms with Gasteiger partial charge in [-0.05, 0) is 37.3 Å². The van der Waals surface area contributed by atoms with Gasteiger partial charge in [-0.25, -0.2) is 0 Å². The lowest BCUT2D eigenvalue weighted by Crippen LogP contribution is -2.32. The average molecular weight is 316 g/mol. The van der Waals surface area contributed by atoms with Crippen molar-refractivity contribution in [1.82, 2.24) is 4.90 Å². The van der Waals surface area contributed by atoms with E-state index >= 15 is 0 Å². The first kappa shape index (κ1) is 14.7. The molecule has 1 aliphatic carbocycles. The predicted molar refractivity (Wildman–Crippen MR) is 85.0 cm³/mol. The lowest BCUT2D eigenvalue weighted by molar-refractivity contribution is -0.385. The van der Waals surface area contributed by atoms with Crippen molar-refractivity contribution in [2.45, 2.75) is 32.4 Å². The fourth-order valence-electron chi connectivity index (χ4n) is 2.53. The Labute approximate surface area is 132 Å². The zero-order valence-corrected chi connectivity index (χ0v) is 13.0. The third kappa shape index (κ3) is 2.87. The van der Waals surface area contributed by atoms with Crippen LogP contribution in [0, 0.1) is 17.0 Å². The van der Waals surface area contributed by atoms with Gasteiger partial charge in [0.05, 0.1) is 11.5 Å². The number of benzene rings is 1. The minimum atomic E-state index is -0.438. The van der Waals surface area contributed by atoms with Gasteiger partial charge in [0.25, 0.3) is 11.6 Å². The molecule has 0 unspecified atom stereocenters. The maximum Gasteiger partial charge on any atom is 0.273 e. The molecule has 3 rings (SSSR count). The molecule has 1 heterocycles. The number of nitro benzene ring substituents is 1. The van der Waals surface area contributed by atoms with Crippen LogP contribution in [0.3, 0.4) is 0 Å². The van der Waals surface area contributed by atoms with Gasteiger partial charge in [-0.3, -0.25) is 14.9 Å². The number of nitrogens with zero attached hydrogens (tertiary/aromatic N) is 2. The van der Waals surface area contributed by atoms with Crippen LogP contribution in [0.5, 0.6) is 0 Å². The number of carbonyl (C=O) groups excluding carboxylic acids is 1. The molecule has 0 saturated heterocycles. The molecule has 1 fully saturated rings. The molecule has 0 spiro atoms. The molecule has 114 valence electrons. The highest BCUT2D eigenvalue weighted by molar-refractivity contribution is 7.09. The first-order valence-corrected chi connectivity index (χ1v) is 8.03. The van der Waals surface area contributed by atoms with E-state index in [2.05, 4.69) is 0 Å². The fraction of sp³-hybridized carbons (Fsp3) is 0.312. The third-order valence-corrected chi connectivity index (χ3v) is 4.75. The lowest BCUT2D eigenvalue weighted by Gasteiger charge is -2.22. The van der Waals surface area contributed by atoms with E-state index in [0.29, 0.717) is 17.7 Å². The van der Waals surface area contributed by atoms with Gasteiger partial charge in [-0.15, -0.1) is 11.3 Å². The van der Waals surface area contributed by atoms with Crippen LogP contribution in [0.4, 0.5) is 5.69 Å². The van der Waals surface area contributed by atoms with E-state index in [9.17, 15) is 14.9 Å². The molecule has 1 saturated carbocycles. The summed E-state index contributed by atoms with van der Waals surface area (Å²) >= 11 is 1.62. The summed E-state index contributed by atoms with van der Waals surface area (Å²) in [5, 5.41) is 13.0. The Hall–Kier alpha value is -2.21. The van der Waals surface area contributed by atoms with Crippen molar-refractivity contribution in [3.05, 3.63) is 61.8 Å². The van der Waals surface area contributed by atoms with Gasteiger partial charge in [0.2, 0.25) is 0 Å². The van der Waals surface area contributed by atoms with Crippen LogP contribution in [-0.2, 0) is 6.54 Å². The van der Waals surface area contributed by atoms with Crippen LogP contribution >= 0.6 is 11.3 Å². The molecule has 22 heavy (non-hydrogen) atoms. The highest BCUT2D eigenvalue weighted by atomic mass is 32.1. The zero-order chi connectivity index (χ0) is 15.7. The molecule has 0 N–H and O–H groups in total. The molecule has 1 aromatic heterocycles. The summed E-state index contributed by atoms with van der Waals surface area (Å²) in [4.78, 5) is 26.4. The van der Waals surface area contributed by atoms with Gasteiger partial charge in [0, 0.05) is 28.1 Å². The summed E-state index contributed by atoms with van der Waals surface area (Å²) in [5.74, 6) is -0.114. The number of nitro groups is 1. The number of thiophene rings is 1. The van der Waals surface area contributed by atoms with Crippen molar-refractivity contribution in [3.8, 4) is 0 Å². The van der Waals surface area contributed by atoms with Gasteiger partial charge in [0.15, 0.2) is 0 Å². The molecular formula is C16H16N2O3S. The molecule has 1 aliphatic rings. The molecular weight excluding hydrogens is 300 g/mol. The Morgan fingerprint density at radius 1 is 1.36 bits per heavy atom. The smallest absolute Gasteiger partial charge is 0.273 e. The Balaban J connectivity index is 1.91. The van der Waals surface area contributed by atoms with Gasteiger partial charge < -0.3 is 4.90 Å². The maximum atomic E-state index is 12.9. The summed E-state index contributed by atoms with van der Waals surface area (Å²) in [6.45, 7) is 2.21. The number of rotatable bonds is 5. The van der Waals surface area contributed by atoms with Crippen LogP contribution in [0.1, 0.15) is 33.6 Å². The van der Waals surface area contributed by atoms with Crippen molar-refractivity contribution in [2.24, 2.45) is 0 Å². The van der Waals surface area contributed by atoms with Crippen molar-refractivity contribution in [1.29, 1.82) is 0 Å². The van der Waals surface area contributed by atoms with Crippen LogP contribution in [0.25, 0.3) is 0 Å². The van der Waals surface area contributed by atoms with E-state index in [1.807, 2.05) is 22.4 Å². The summed E-state index contributed by atoms with van der Waals surface area (Å²) < 4.78 is 0. The second-order valence-electron chi connectivity index (χ2n) is 5.45. The highest BCUT2D eigenvalue weighted by Crippen LogP contribution is 2.32. The summed E-state index contributed by atoms with van der Waals surface area (Å²) in [5.41, 5.74) is 0.865. The monoisotopic (exact) mass is 316 g/mol. The Morgan fingerprint density at radius 2 is 2.14 bits per heavy atom. The third-order valence-electron chi connectivity index (χ3n) is 3.89. The van der Waals surface area contributed by atoms with E-state index in [0.717, 1.165) is 17.7 Å². The van der Waals surface area contributed by atoms with Crippen LogP contribution < -0.4 is 0 Å². The average Bonchev–Trinajstić information content (AvgIpc) is 3.20. The summed E-state index contributed by atoms with van der Waals surface area (Å²) in [6, 6.07) is 8.92. The minimum Gasteiger partial charge on any atom is -0.331 e. The van der Waals surface area contributed by atoms with Crippen molar-refractivity contribution in [2.75, 3.05) is 0 Å². The molecule has 1 aromatic carbocycles. The Bertz CT molecular complexity index is 708. The molecule has 0 atom stereocenters. The molecule has 6 heteroatoms. The van der Waals surface area contributed by atoms with E-state index in [1.165, 1.54) is 6.07 Å². The van der Waals surface area contributed by atoms with Gasteiger partial charge in [-0.1, -0.05) is 12.1 Å². The standard InChI is InChI=1S/C16H16N2O3S/c1-11-14(5-2-6-15(11)18(20)21)16(19)17(12-7-8-12)10-13-4-3-9-22-13/h2-6,9,12H,7-8,10H2,1H3. The number of hydrogen-bond donors (Lipinski definition) is 0. The predicted octanol–water partition coefficient (Wildman–Crippen LogP) is 3.77. The largest absolute Gasteiger partial charge is 0.331 e. The Morgan fingerprint density at radius 3 is 2.73 bits per heavy atom. The normalized spacial score (nSPS) is 13.9. The fourth-order valence-corrected chi connectivity index (χ4v) is 3.23.